The number of nitrogens with zero attached hydrogens (tertiary/aromatic N) is 4. The third kappa shape index (κ3) is 3.77. The fourth-order valence-corrected chi connectivity index (χ4v) is 4.34. The lowest BCUT2D eigenvalue weighted by Gasteiger charge is -2.23. The molecule has 0 spiro atoms. The third-order valence-electron chi connectivity index (χ3n) is 4.81. The molecule has 0 amide bonds. The Morgan fingerprint density at radius 2 is 1.85 bits per heavy atom. The lowest BCUT2D eigenvalue weighted by molar-refractivity contribution is 0.182. The summed E-state index contributed by atoms with van der Waals surface area (Å²) < 4.78 is 33.5. The monoisotopic (exact) mass is 378 g/mol. The van der Waals surface area contributed by atoms with Gasteiger partial charge >= 0.3 is 0 Å². The first-order chi connectivity index (χ1) is 12.3. The largest absolute Gasteiger partial charge is 0.379 e. The molecule has 1 aliphatic rings. The highest BCUT2D eigenvalue weighted by atomic mass is 32.2. The molecule has 7 nitrogen and oxygen atoms in total. The molecule has 0 radical (unpaired) electrons. The van der Waals surface area contributed by atoms with Crippen molar-refractivity contribution >= 4 is 15.7 Å². The summed E-state index contributed by atoms with van der Waals surface area (Å²) in [6, 6.07) is 8.13. The van der Waals surface area contributed by atoms with Crippen molar-refractivity contribution < 1.29 is 13.2 Å². The maximum Gasteiger partial charge on any atom is 0.214 e. The third-order valence-corrected chi connectivity index (χ3v) is 6.78. The van der Waals surface area contributed by atoms with Gasteiger partial charge in [0.1, 0.15) is 5.82 Å². The van der Waals surface area contributed by atoms with Gasteiger partial charge in [0.25, 0.3) is 0 Å². The number of aromatic nitrogens is 2. The summed E-state index contributed by atoms with van der Waals surface area (Å²) in [5.41, 5.74) is 2.12. The van der Waals surface area contributed by atoms with Crippen LogP contribution in [-0.4, -0.2) is 69.4 Å². The minimum atomic E-state index is -3.28. The van der Waals surface area contributed by atoms with E-state index in [9.17, 15) is 8.42 Å². The molecule has 2 heterocycles. The predicted octanol–water partition coefficient (Wildman–Crippen LogP) is 1.69. The Morgan fingerprint density at radius 3 is 2.46 bits per heavy atom. The number of sulfonamides is 1. The van der Waals surface area contributed by atoms with Crippen molar-refractivity contribution in [3.63, 3.8) is 0 Å². The number of ether oxygens (including phenoxy) is 1. The molecule has 26 heavy (non-hydrogen) atoms. The Kier molecular flexibility index (Phi) is 5.36. The summed E-state index contributed by atoms with van der Waals surface area (Å²) in [4.78, 5) is 6.55. The molecule has 1 aromatic heterocycles. The van der Waals surface area contributed by atoms with E-state index < -0.39 is 10.0 Å². The van der Waals surface area contributed by atoms with Crippen LogP contribution in [0, 0.1) is 5.92 Å². The van der Waals surface area contributed by atoms with Gasteiger partial charge in [-0.3, -0.25) is 0 Å². The average Bonchev–Trinajstić information content (AvgIpc) is 3.23. The lowest BCUT2D eigenvalue weighted by Crippen LogP contribution is -2.32. The number of hydrogen-bond acceptors (Lipinski definition) is 5. The normalized spacial score (nSPS) is 20.7. The molecular weight excluding hydrogens is 352 g/mol. The van der Waals surface area contributed by atoms with Gasteiger partial charge in [0, 0.05) is 57.8 Å². The zero-order valence-corrected chi connectivity index (χ0v) is 16.5. The molecular formula is C18H26N4O3S. The number of benzene rings is 1. The Morgan fingerprint density at radius 1 is 1.15 bits per heavy atom. The van der Waals surface area contributed by atoms with E-state index in [1.165, 1.54) is 4.31 Å². The predicted molar refractivity (Wildman–Crippen MR) is 103 cm³/mol. The summed E-state index contributed by atoms with van der Waals surface area (Å²) in [5, 5.41) is 0. The highest BCUT2D eigenvalue weighted by molar-refractivity contribution is 7.89. The summed E-state index contributed by atoms with van der Waals surface area (Å²) >= 11 is 0. The quantitative estimate of drug-likeness (QED) is 0.765. The van der Waals surface area contributed by atoms with Crippen LogP contribution in [0.1, 0.15) is 6.04 Å². The maximum atomic E-state index is 12.3. The summed E-state index contributed by atoms with van der Waals surface area (Å²) in [5.74, 6) is 0.802. The first kappa shape index (κ1) is 18.9. The highest BCUT2D eigenvalue weighted by Gasteiger charge is 2.35. The molecule has 1 fully saturated rings. The van der Waals surface area contributed by atoms with Gasteiger partial charge < -0.3 is 14.2 Å². The molecule has 0 N–H and O–H groups in total. The minimum Gasteiger partial charge on any atom is -0.379 e. The first-order valence-electron chi connectivity index (χ1n) is 8.58. The van der Waals surface area contributed by atoms with Crippen molar-refractivity contribution in [3.05, 3.63) is 36.7 Å². The van der Waals surface area contributed by atoms with Crippen molar-refractivity contribution in [2.24, 2.45) is 5.92 Å². The number of anilines is 1. The van der Waals surface area contributed by atoms with E-state index in [0.717, 1.165) is 17.1 Å². The molecule has 0 saturated carbocycles. The van der Waals surface area contributed by atoms with Gasteiger partial charge in [-0.1, -0.05) is 0 Å². The van der Waals surface area contributed by atoms with Gasteiger partial charge in [-0.2, -0.15) is 0 Å². The zero-order chi connectivity index (χ0) is 18.9. The van der Waals surface area contributed by atoms with E-state index >= 15 is 0 Å². The summed E-state index contributed by atoms with van der Waals surface area (Å²) in [6.45, 7) is 0.932. The maximum absolute atomic E-state index is 12.3. The second-order valence-corrected chi connectivity index (χ2v) is 9.25. The van der Waals surface area contributed by atoms with Crippen LogP contribution < -0.4 is 4.90 Å². The summed E-state index contributed by atoms with van der Waals surface area (Å²) in [6.07, 6.45) is 3.66. The number of rotatable bonds is 6. The topological polar surface area (TPSA) is 67.7 Å². The Balaban J connectivity index is 1.87. The van der Waals surface area contributed by atoms with Crippen LogP contribution in [0.2, 0.25) is 0 Å². The van der Waals surface area contributed by atoms with E-state index in [1.54, 1.807) is 20.3 Å². The molecule has 1 aliphatic heterocycles. The van der Waals surface area contributed by atoms with Crippen molar-refractivity contribution in [3.8, 4) is 11.4 Å². The molecule has 2 atom stereocenters. The van der Waals surface area contributed by atoms with E-state index in [2.05, 4.69) is 4.98 Å². The minimum absolute atomic E-state index is 0.0456. The van der Waals surface area contributed by atoms with Gasteiger partial charge in [-0.25, -0.2) is 17.7 Å². The summed E-state index contributed by atoms with van der Waals surface area (Å²) in [7, 11) is 3.85. The second-order valence-electron chi connectivity index (χ2n) is 7.03. The van der Waals surface area contributed by atoms with Crippen LogP contribution in [0.5, 0.6) is 0 Å². The molecule has 1 saturated heterocycles. The smallest absolute Gasteiger partial charge is 0.214 e. The van der Waals surface area contributed by atoms with E-state index in [0.29, 0.717) is 13.2 Å². The van der Waals surface area contributed by atoms with Gasteiger partial charge in [-0.05, 0) is 24.3 Å². The molecule has 0 unspecified atom stereocenters. The molecule has 8 heteroatoms. The number of imidazole rings is 1. The van der Waals surface area contributed by atoms with Crippen LogP contribution in [-0.2, 0) is 14.8 Å². The first-order valence-corrected chi connectivity index (χ1v) is 10.2. The van der Waals surface area contributed by atoms with Crippen LogP contribution in [0.4, 0.5) is 5.69 Å². The molecule has 3 rings (SSSR count). The SMILES string of the molecule is CN(C)c1ccc(-c2nccn2[C@@H]2COC[C@H]2CS(=O)(=O)N(C)C)cc1. The molecule has 142 valence electrons. The van der Waals surface area contributed by atoms with Gasteiger partial charge in [-0.15, -0.1) is 0 Å². The van der Waals surface area contributed by atoms with Crippen molar-refractivity contribution in [1.82, 2.24) is 13.9 Å². The standard InChI is InChI=1S/C18H26N4O3S/c1-20(2)16-7-5-14(6-8-16)18-19-9-10-22(18)17-12-25-11-15(17)13-26(23,24)21(3)4/h5-10,15,17H,11-13H2,1-4H3/t15-,17+/m0/s1. The van der Waals surface area contributed by atoms with Crippen LogP contribution in [0.15, 0.2) is 36.7 Å². The van der Waals surface area contributed by atoms with E-state index in [-0.39, 0.29) is 17.7 Å². The van der Waals surface area contributed by atoms with Crippen LogP contribution >= 0.6 is 0 Å². The lowest BCUT2D eigenvalue weighted by atomic mass is 10.1. The Hall–Kier alpha value is -1.90. The second kappa shape index (κ2) is 7.38. The Labute approximate surface area is 155 Å². The van der Waals surface area contributed by atoms with Crippen molar-refractivity contribution in [2.75, 3.05) is 52.1 Å². The number of hydrogen-bond donors (Lipinski definition) is 0. The van der Waals surface area contributed by atoms with Crippen molar-refractivity contribution in [2.45, 2.75) is 6.04 Å². The average molecular weight is 378 g/mol. The van der Waals surface area contributed by atoms with Crippen molar-refractivity contribution in [1.29, 1.82) is 0 Å². The van der Waals surface area contributed by atoms with Gasteiger partial charge in [0.05, 0.1) is 25.0 Å². The van der Waals surface area contributed by atoms with E-state index in [1.807, 2.05) is 54.0 Å². The molecule has 1 aromatic carbocycles. The molecule has 2 aromatic rings. The van der Waals surface area contributed by atoms with Gasteiger partial charge in [0.15, 0.2) is 0 Å². The van der Waals surface area contributed by atoms with Crippen LogP contribution in [0.3, 0.4) is 0 Å². The van der Waals surface area contributed by atoms with Crippen LogP contribution in [0.25, 0.3) is 11.4 Å². The van der Waals surface area contributed by atoms with Gasteiger partial charge in [0.2, 0.25) is 10.0 Å². The molecule has 0 aliphatic carbocycles. The zero-order valence-electron chi connectivity index (χ0n) is 15.7. The van der Waals surface area contributed by atoms with E-state index in [4.69, 9.17) is 4.74 Å². The highest BCUT2D eigenvalue weighted by Crippen LogP contribution is 2.32. The fourth-order valence-electron chi connectivity index (χ4n) is 3.19. The Bertz CT molecular complexity index is 844. The molecule has 0 bridgehead atoms. The fraction of sp³-hybridized carbons (Fsp3) is 0.500.